The van der Waals surface area contributed by atoms with Gasteiger partial charge in [-0.3, -0.25) is 23.8 Å². The van der Waals surface area contributed by atoms with Crippen LogP contribution in [0.2, 0.25) is 0 Å². The number of benzene rings is 1. The molecule has 152 valence electrons. The lowest BCUT2D eigenvalue weighted by molar-refractivity contribution is -0.117. The first-order valence-corrected chi connectivity index (χ1v) is 10.6. The van der Waals surface area contributed by atoms with Crippen molar-refractivity contribution >= 4 is 27.9 Å². The molecule has 0 radical (unpaired) electrons. The number of hydrogen-bond donors (Lipinski definition) is 1. The molecule has 0 saturated carbocycles. The first-order chi connectivity index (χ1) is 14.0. The number of carbonyl (C=O) groups excluding carboxylic acids is 1. The summed E-state index contributed by atoms with van der Waals surface area (Å²) in [6.07, 6.45) is 1.75. The molecule has 1 saturated heterocycles. The Labute approximate surface area is 173 Å². The summed E-state index contributed by atoms with van der Waals surface area (Å²) in [5.74, 6) is 0.0219. The third kappa shape index (κ3) is 4.55. The van der Waals surface area contributed by atoms with Gasteiger partial charge in [-0.15, -0.1) is 11.3 Å². The number of nitrogens with one attached hydrogen (secondary N) is 1. The zero-order chi connectivity index (χ0) is 20.4. The predicted octanol–water partition coefficient (Wildman–Crippen LogP) is 2.13. The van der Waals surface area contributed by atoms with Crippen LogP contribution < -0.4 is 10.9 Å². The topological polar surface area (TPSA) is 70.0 Å². The molecule has 0 atom stereocenters. The van der Waals surface area contributed by atoms with Crippen LogP contribution in [0.5, 0.6) is 0 Å². The summed E-state index contributed by atoms with van der Waals surface area (Å²) in [5, 5.41) is 4.93. The van der Waals surface area contributed by atoms with E-state index < -0.39 is 0 Å². The summed E-state index contributed by atoms with van der Waals surface area (Å²) in [4.78, 5) is 34.4. The SMILES string of the molecule is Cc1cccc(C)c1NC(=O)CN1CCN(Cc2cc(=O)n3ccsc3n2)CC1. The molecule has 1 fully saturated rings. The molecule has 3 heterocycles. The Hall–Kier alpha value is -2.55. The number of nitrogens with zero attached hydrogens (tertiary/aromatic N) is 4. The average molecular weight is 412 g/mol. The van der Waals surface area contributed by atoms with Gasteiger partial charge in [-0.05, 0) is 25.0 Å². The number of carbonyl (C=O) groups is 1. The van der Waals surface area contributed by atoms with Gasteiger partial charge in [0.25, 0.3) is 5.56 Å². The molecule has 3 aromatic rings. The van der Waals surface area contributed by atoms with E-state index in [4.69, 9.17) is 0 Å². The van der Waals surface area contributed by atoms with Crippen LogP contribution in [-0.4, -0.2) is 57.8 Å². The van der Waals surface area contributed by atoms with Crippen molar-refractivity contribution in [1.82, 2.24) is 19.2 Å². The first kappa shape index (κ1) is 19.8. The number of piperazine rings is 1. The van der Waals surface area contributed by atoms with E-state index in [9.17, 15) is 9.59 Å². The Morgan fingerprint density at radius 1 is 1.14 bits per heavy atom. The average Bonchev–Trinajstić information content (AvgIpc) is 3.16. The van der Waals surface area contributed by atoms with Gasteiger partial charge in [0, 0.05) is 56.1 Å². The van der Waals surface area contributed by atoms with Crippen LogP contribution in [0.15, 0.2) is 40.6 Å². The zero-order valence-electron chi connectivity index (χ0n) is 16.7. The summed E-state index contributed by atoms with van der Waals surface area (Å²) in [5.41, 5.74) is 3.84. The number of amides is 1. The summed E-state index contributed by atoms with van der Waals surface area (Å²) < 4.78 is 1.57. The Morgan fingerprint density at radius 3 is 2.55 bits per heavy atom. The van der Waals surface area contributed by atoms with E-state index in [-0.39, 0.29) is 11.5 Å². The Bertz CT molecular complexity index is 1060. The Balaban J connectivity index is 1.30. The highest BCUT2D eigenvalue weighted by atomic mass is 32.1. The number of aromatic nitrogens is 2. The van der Waals surface area contributed by atoms with E-state index in [0.717, 1.165) is 53.6 Å². The molecule has 1 aliphatic heterocycles. The number of para-hydroxylation sites is 1. The van der Waals surface area contributed by atoms with Crippen LogP contribution in [0.25, 0.3) is 4.96 Å². The van der Waals surface area contributed by atoms with Gasteiger partial charge < -0.3 is 5.32 Å². The smallest absolute Gasteiger partial charge is 0.258 e. The number of hydrogen-bond acceptors (Lipinski definition) is 6. The predicted molar refractivity (Wildman–Crippen MR) is 116 cm³/mol. The lowest BCUT2D eigenvalue weighted by atomic mass is 10.1. The molecule has 1 N–H and O–H groups in total. The zero-order valence-corrected chi connectivity index (χ0v) is 17.5. The lowest BCUT2D eigenvalue weighted by Gasteiger charge is -2.34. The third-order valence-electron chi connectivity index (χ3n) is 5.32. The monoisotopic (exact) mass is 411 g/mol. The van der Waals surface area contributed by atoms with Gasteiger partial charge in [0.05, 0.1) is 12.2 Å². The number of fused-ring (bicyclic) bond motifs is 1. The van der Waals surface area contributed by atoms with E-state index >= 15 is 0 Å². The first-order valence-electron chi connectivity index (χ1n) is 9.76. The molecule has 1 aromatic carbocycles. The fourth-order valence-electron chi connectivity index (χ4n) is 3.70. The summed E-state index contributed by atoms with van der Waals surface area (Å²) in [6, 6.07) is 7.63. The van der Waals surface area contributed by atoms with Crippen LogP contribution in [0.1, 0.15) is 16.8 Å². The maximum Gasteiger partial charge on any atom is 0.258 e. The normalized spacial score (nSPS) is 15.7. The highest BCUT2D eigenvalue weighted by Gasteiger charge is 2.20. The van der Waals surface area contributed by atoms with Crippen LogP contribution in [-0.2, 0) is 11.3 Å². The minimum atomic E-state index is -0.0342. The fraction of sp³-hybridized carbons (Fsp3) is 0.381. The molecule has 0 aliphatic carbocycles. The van der Waals surface area contributed by atoms with Crippen molar-refractivity contribution in [3.05, 3.63) is 63.0 Å². The van der Waals surface area contributed by atoms with Crippen LogP contribution in [0, 0.1) is 13.8 Å². The van der Waals surface area contributed by atoms with Crippen molar-refractivity contribution in [2.75, 3.05) is 38.0 Å². The molecular weight excluding hydrogens is 386 g/mol. The number of thiazole rings is 1. The Kier molecular flexibility index (Phi) is 5.75. The highest BCUT2D eigenvalue weighted by molar-refractivity contribution is 7.15. The van der Waals surface area contributed by atoms with E-state index in [0.29, 0.717) is 13.1 Å². The van der Waals surface area contributed by atoms with Crippen molar-refractivity contribution in [2.24, 2.45) is 0 Å². The van der Waals surface area contributed by atoms with Crippen LogP contribution in [0.3, 0.4) is 0 Å². The third-order valence-corrected chi connectivity index (χ3v) is 6.08. The molecule has 7 nitrogen and oxygen atoms in total. The van der Waals surface area contributed by atoms with Gasteiger partial charge in [-0.1, -0.05) is 18.2 Å². The second-order valence-electron chi connectivity index (χ2n) is 7.51. The largest absolute Gasteiger partial charge is 0.324 e. The minimum Gasteiger partial charge on any atom is -0.324 e. The van der Waals surface area contributed by atoms with E-state index in [1.54, 1.807) is 16.7 Å². The number of anilines is 1. The van der Waals surface area contributed by atoms with Crippen molar-refractivity contribution in [2.45, 2.75) is 20.4 Å². The summed E-state index contributed by atoms with van der Waals surface area (Å²) in [7, 11) is 0. The van der Waals surface area contributed by atoms with E-state index in [2.05, 4.69) is 20.1 Å². The van der Waals surface area contributed by atoms with E-state index in [1.807, 2.05) is 37.4 Å². The molecule has 0 bridgehead atoms. The molecular formula is C21H25N5O2S. The number of aryl methyl sites for hydroxylation is 2. The minimum absolute atomic E-state index is 0.0219. The molecule has 8 heteroatoms. The molecule has 2 aromatic heterocycles. The second kappa shape index (κ2) is 8.44. The van der Waals surface area contributed by atoms with Crippen LogP contribution >= 0.6 is 11.3 Å². The molecule has 1 aliphatic rings. The van der Waals surface area contributed by atoms with Crippen molar-refractivity contribution < 1.29 is 4.79 Å². The maximum atomic E-state index is 12.5. The van der Waals surface area contributed by atoms with Crippen molar-refractivity contribution in [3.8, 4) is 0 Å². The summed E-state index contributed by atoms with van der Waals surface area (Å²) in [6.45, 7) is 8.41. The summed E-state index contributed by atoms with van der Waals surface area (Å²) >= 11 is 1.47. The van der Waals surface area contributed by atoms with Gasteiger partial charge in [0.2, 0.25) is 5.91 Å². The van der Waals surface area contributed by atoms with Crippen LogP contribution in [0.4, 0.5) is 5.69 Å². The van der Waals surface area contributed by atoms with Crippen molar-refractivity contribution in [3.63, 3.8) is 0 Å². The molecule has 0 spiro atoms. The molecule has 1 amide bonds. The molecule has 4 rings (SSSR count). The molecule has 0 unspecified atom stereocenters. The standard InChI is InChI=1S/C21H25N5O2S/c1-15-4-3-5-16(2)20(15)23-18(27)14-25-8-6-24(7-9-25)13-17-12-19(28)26-10-11-29-21(26)22-17/h3-5,10-12H,6-9,13-14H2,1-2H3,(H,23,27). The van der Waals surface area contributed by atoms with Gasteiger partial charge in [-0.2, -0.15) is 0 Å². The van der Waals surface area contributed by atoms with Crippen molar-refractivity contribution in [1.29, 1.82) is 0 Å². The maximum absolute atomic E-state index is 12.5. The second-order valence-corrected chi connectivity index (χ2v) is 8.38. The quantitative estimate of drug-likeness (QED) is 0.697. The van der Waals surface area contributed by atoms with Gasteiger partial charge in [0.15, 0.2) is 4.96 Å². The van der Waals surface area contributed by atoms with Gasteiger partial charge in [-0.25, -0.2) is 4.98 Å². The van der Waals surface area contributed by atoms with Gasteiger partial charge >= 0.3 is 0 Å². The van der Waals surface area contributed by atoms with E-state index in [1.165, 1.54) is 11.3 Å². The lowest BCUT2D eigenvalue weighted by Crippen LogP contribution is -2.48. The molecule has 29 heavy (non-hydrogen) atoms. The fourth-order valence-corrected chi connectivity index (χ4v) is 4.44. The number of rotatable bonds is 5. The van der Waals surface area contributed by atoms with Gasteiger partial charge in [0.1, 0.15) is 0 Å². The Morgan fingerprint density at radius 2 is 1.83 bits per heavy atom. The highest BCUT2D eigenvalue weighted by Crippen LogP contribution is 2.19.